The maximum Gasteiger partial charge on any atom is -0.0368 e. The highest BCUT2D eigenvalue weighted by molar-refractivity contribution is 4.69. The lowest BCUT2D eigenvalue weighted by Gasteiger charge is -2.27. The summed E-state index contributed by atoms with van der Waals surface area (Å²) in [5, 5.41) is 0. The van der Waals surface area contributed by atoms with Crippen LogP contribution in [0, 0.1) is 23.7 Å². The van der Waals surface area contributed by atoms with Crippen LogP contribution in [0.25, 0.3) is 0 Å². The van der Waals surface area contributed by atoms with Crippen molar-refractivity contribution in [3.63, 3.8) is 0 Å². The number of hydrogen-bond acceptors (Lipinski definition) is 0. The predicted octanol–water partition coefficient (Wildman–Crippen LogP) is 7.08. The molecular formula is C19H40. The van der Waals surface area contributed by atoms with E-state index in [2.05, 4.69) is 41.5 Å². The lowest BCUT2D eigenvalue weighted by atomic mass is 9.79. The third-order valence-corrected chi connectivity index (χ3v) is 4.97. The molecule has 0 spiro atoms. The molecule has 0 radical (unpaired) electrons. The van der Waals surface area contributed by atoms with E-state index in [1.54, 1.807) is 0 Å². The van der Waals surface area contributed by atoms with Crippen molar-refractivity contribution in [1.82, 2.24) is 0 Å². The average Bonchev–Trinajstić information content (AvgIpc) is 2.36. The van der Waals surface area contributed by atoms with Gasteiger partial charge in [-0.05, 0) is 23.7 Å². The zero-order valence-corrected chi connectivity index (χ0v) is 14.7. The molecule has 0 aliphatic heterocycles. The first kappa shape index (κ1) is 19.0. The summed E-state index contributed by atoms with van der Waals surface area (Å²) in [6.07, 6.45) is 12.8. The van der Waals surface area contributed by atoms with Gasteiger partial charge in [0.2, 0.25) is 0 Å². The summed E-state index contributed by atoms with van der Waals surface area (Å²) in [6.45, 7) is 14.4. The Balaban J connectivity index is 3.68. The molecule has 0 saturated carbocycles. The molecule has 0 heterocycles. The minimum Gasteiger partial charge on any atom is -0.0654 e. The van der Waals surface area contributed by atoms with Crippen LogP contribution in [-0.4, -0.2) is 0 Å². The maximum atomic E-state index is 2.47. The quantitative estimate of drug-likeness (QED) is 0.332. The van der Waals surface area contributed by atoms with E-state index in [1.807, 2.05) is 0 Å². The monoisotopic (exact) mass is 268 g/mol. The van der Waals surface area contributed by atoms with Crippen LogP contribution in [-0.2, 0) is 0 Å². The zero-order chi connectivity index (χ0) is 14.7. The van der Waals surface area contributed by atoms with Gasteiger partial charge in [-0.3, -0.25) is 0 Å². The van der Waals surface area contributed by atoms with E-state index < -0.39 is 0 Å². The van der Waals surface area contributed by atoms with Crippen molar-refractivity contribution < 1.29 is 0 Å². The molecule has 0 N–H and O–H groups in total. The molecule has 0 aromatic carbocycles. The Kier molecular flexibility index (Phi) is 11.8. The molecule has 0 fully saturated rings. The average molecular weight is 269 g/mol. The topological polar surface area (TPSA) is 0 Å². The Bertz CT molecular complexity index is 182. The Morgan fingerprint density at radius 2 is 1.32 bits per heavy atom. The number of rotatable bonds is 12. The van der Waals surface area contributed by atoms with Crippen LogP contribution in [0.4, 0.5) is 0 Å². The maximum absolute atomic E-state index is 2.47. The molecule has 0 saturated heterocycles. The van der Waals surface area contributed by atoms with Gasteiger partial charge >= 0.3 is 0 Å². The van der Waals surface area contributed by atoms with E-state index in [9.17, 15) is 0 Å². The van der Waals surface area contributed by atoms with Gasteiger partial charge in [0, 0.05) is 0 Å². The SMILES string of the molecule is CCCCCCCC(C)CCC(C)C(CC)C(C)C. The smallest absolute Gasteiger partial charge is 0.0368 e. The first-order chi connectivity index (χ1) is 9.02. The van der Waals surface area contributed by atoms with Gasteiger partial charge < -0.3 is 0 Å². The molecule has 3 unspecified atom stereocenters. The van der Waals surface area contributed by atoms with Gasteiger partial charge in [-0.25, -0.2) is 0 Å². The highest BCUT2D eigenvalue weighted by Gasteiger charge is 2.19. The van der Waals surface area contributed by atoms with Gasteiger partial charge in [0.15, 0.2) is 0 Å². The molecule has 0 aliphatic carbocycles. The van der Waals surface area contributed by atoms with Gasteiger partial charge in [-0.15, -0.1) is 0 Å². The van der Waals surface area contributed by atoms with Crippen molar-refractivity contribution in [3.8, 4) is 0 Å². The molecule has 116 valence electrons. The second-order valence-electron chi connectivity index (χ2n) is 7.18. The lowest BCUT2D eigenvalue weighted by molar-refractivity contribution is 0.235. The fourth-order valence-corrected chi connectivity index (χ4v) is 3.53. The summed E-state index contributed by atoms with van der Waals surface area (Å²) >= 11 is 0. The van der Waals surface area contributed by atoms with Crippen LogP contribution in [0.1, 0.15) is 99.3 Å². The van der Waals surface area contributed by atoms with Gasteiger partial charge in [0.1, 0.15) is 0 Å². The largest absolute Gasteiger partial charge is 0.0654 e. The van der Waals surface area contributed by atoms with E-state index in [0.29, 0.717) is 0 Å². The molecule has 0 aromatic heterocycles. The zero-order valence-electron chi connectivity index (χ0n) is 14.7. The van der Waals surface area contributed by atoms with Gasteiger partial charge in [-0.1, -0.05) is 99.3 Å². The van der Waals surface area contributed by atoms with Crippen molar-refractivity contribution in [2.75, 3.05) is 0 Å². The van der Waals surface area contributed by atoms with Crippen molar-refractivity contribution in [2.45, 2.75) is 99.3 Å². The summed E-state index contributed by atoms with van der Waals surface area (Å²) in [5.74, 6) is 3.63. The summed E-state index contributed by atoms with van der Waals surface area (Å²) in [5.41, 5.74) is 0. The Hall–Kier alpha value is 0. The molecule has 0 heteroatoms. The normalized spacial score (nSPS) is 16.6. The van der Waals surface area contributed by atoms with Crippen LogP contribution >= 0.6 is 0 Å². The summed E-state index contributed by atoms with van der Waals surface area (Å²) in [6, 6.07) is 0. The van der Waals surface area contributed by atoms with Crippen LogP contribution in [0.15, 0.2) is 0 Å². The predicted molar refractivity (Wildman–Crippen MR) is 89.6 cm³/mol. The Morgan fingerprint density at radius 1 is 0.684 bits per heavy atom. The van der Waals surface area contributed by atoms with Crippen LogP contribution in [0.5, 0.6) is 0 Å². The Labute approximate surface area is 123 Å². The highest BCUT2D eigenvalue weighted by Crippen LogP contribution is 2.29. The van der Waals surface area contributed by atoms with Crippen LogP contribution < -0.4 is 0 Å². The molecule has 0 aromatic rings. The molecule has 3 atom stereocenters. The molecule has 0 nitrogen and oxygen atoms in total. The Morgan fingerprint density at radius 3 is 1.84 bits per heavy atom. The van der Waals surface area contributed by atoms with Gasteiger partial charge in [0.25, 0.3) is 0 Å². The van der Waals surface area contributed by atoms with Crippen LogP contribution in [0.2, 0.25) is 0 Å². The fourth-order valence-electron chi connectivity index (χ4n) is 3.53. The van der Waals surface area contributed by atoms with E-state index in [1.165, 1.54) is 57.8 Å². The minimum atomic E-state index is 0.851. The molecule has 0 amide bonds. The third kappa shape index (κ3) is 9.52. The molecule has 0 bridgehead atoms. The molecule has 0 aliphatic rings. The van der Waals surface area contributed by atoms with E-state index in [4.69, 9.17) is 0 Å². The van der Waals surface area contributed by atoms with Crippen molar-refractivity contribution in [1.29, 1.82) is 0 Å². The van der Waals surface area contributed by atoms with E-state index >= 15 is 0 Å². The molecule has 0 rings (SSSR count). The lowest BCUT2D eigenvalue weighted by Crippen LogP contribution is -2.17. The van der Waals surface area contributed by atoms with E-state index in [0.717, 1.165) is 23.7 Å². The number of hydrogen-bond donors (Lipinski definition) is 0. The minimum absolute atomic E-state index is 0.851. The van der Waals surface area contributed by atoms with Crippen LogP contribution in [0.3, 0.4) is 0 Å². The van der Waals surface area contributed by atoms with Crippen molar-refractivity contribution >= 4 is 0 Å². The molecule has 19 heavy (non-hydrogen) atoms. The molecular weight excluding hydrogens is 228 g/mol. The second-order valence-corrected chi connectivity index (χ2v) is 7.18. The number of unbranched alkanes of at least 4 members (excludes halogenated alkanes) is 4. The van der Waals surface area contributed by atoms with Gasteiger partial charge in [0.05, 0.1) is 0 Å². The van der Waals surface area contributed by atoms with Crippen molar-refractivity contribution in [3.05, 3.63) is 0 Å². The fraction of sp³-hybridized carbons (Fsp3) is 1.00. The van der Waals surface area contributed by atoms with E-state index in [-0.39, 0.29) is 0 Å². The summed E-state index contributed by atoms with van der Waals surface area (Å²) in [7, 11) is 0. The first-order valence-corrected chi connectivity index (χ1v) is 9.02. The summed E-state index contributed by atoms with van der Waals surface area (Å²) < 4.78 is 0. The van der Waals surface area contributed by atoms with Crippen molar-refractivity contribution in [2.24, 2.45) is 23.7 Å². The summed E-state index contributed by atoms with van der Waals surface area (Å²) in [4.78, 5) is 0. The highest BCUT2D eigenvalue weighted by atomic mass is 14.2. The standard InChI is InChI=1S/C19H40/c1-7-9-10-11-12-13-17(5)14-15-18(6)19(8-2)16(3)4/h16-19H,7-15H2,1-6H3. The second kappa shape index (κ2) is 11.8. The van der Waals surface area contributed by atoms with Gasteiger partial charge in [-0.2, -0.15) is 0 Å². The first-order valence-electron chi connectivity index (χ1n) is 9.02. The third-order valence-electron chi connectivity index (χ3n) is 4.97.